The molecule has 0 fully saturated rings. The Bertz CT molecular complexity index is 400. The van der Waals surface area contributed by atoms with Crippen LogP contribution in [0.5, 0.6) is 0 Å². The van der Waals surface area contributed by atoms with Crippen molar-refractivity contribution in [2.24, 2.45) is 0 Å². The number of aliphatic hydroxyl groups is 1. The number of rotatable bonds is 3. The minimum Gasteiger partial charge on any atom is -0.394 e. The van der Waals surface area contributed by atoms with Crippen LogP contribution in [-0.4, -0.2) is 40.6 Å². The number of nitrogens with one attached hydrogen (secondary N) is 1. The van der Waals surface area contributed by atoms with Crippen LogP contribution in [0.2, 0.25) is 0 Å². The fraction of sp³-hybridized carbons (Fsp3) is 0.400. The van der Waals surface area contributed by atoms with E-state index >= 15 is 0 Å². The van der Waals surface area contributed by atoms with Gasteiger partial charge in [-0.2, -0.15) is 0 Å². The number of amides is 1. The van der Waals surface area contributed by atoms with Crippen LogP contribution in [0.4, 0.5) is 0 Å². The lowest BCUT2D eigenvalue weighted by molar-refractivity contribution is 0.0682. The van der Waals surface area contributed by atoms with E-state index in [1.807, 2.05) is 0 Å². The Morgan fingerprint density at radius 3 is 2.87 bits per heavy atom. The fourth-order valence-corrected chi connectivity index (χ4v) is 1.10. The number of carbonyl (C=O) groups is 1. The number of H-pyrrole nitrogens is 1. The summed E-state index contributed by atoms with van der Waals surface area (Å²) in [6, 6.07) is 2.50. The molecular formula is C10H14N2O3. The number of aliphatic hydroxyl groups excluding tert-OH is 1. The summed E-state index contributed by atoms with van der Waals surface area (Å²) in [5.74, 6) is -0.275. The van der Waals surface area contributed by atoms with Gasteiger partial charge in [0.05, 0.1) is 12.6 Å². The van der Waals surface area contributed by atoms with E-state index in [-0.39, 0.29) is 24.1 Å². The largest absolute Gasteiger partial charge is 0.394 e. The Morgan fingerprint density at radius 1 is 1.67 bits per heavy atom. The zero-order valence-electron chi connectivity index (χ0n) is 8.73. The molecule has 0 aliphatic carbocycles. The van der Waals surface area contributed by atoms with Crippen LogP contribution in [0.25, 0.3) is 0 Å². The molecule has 1 unspecified atom stereocenters. The highest BCUT2D eigenvalue weighted by molar-refractivity contribution is 5.94. The number of nitrogens with zero attached hydrogens (tertiary/aromatic N) is 1. The van der Waals surface area contributed by atoms with Crippen molar-refractivity contribution in [2.75, 3.05) is 13.7 Å². The van der Waals surface area contributed by atoms with Gasteiger partial charge in [0, 0.05) is 24.9 Å². The number of aromatic amines is 1. The molecule has 0 aromatic carbocycles. The molecule has 1 amide bonds. The molecule has 15 heavy (non-hydrogen) atoms. The lowest BCUT2D eigenvalue weighted by Crippen LogP contribution is -2.37. The molecule has 0 bridgehead atoms. The van der Waals surface area contributed by atoms with Crippen molar-refractivity contribution in [3.8, 4) is 0 Å². The van der Waals surface area contributed by atoms with Crippen LogP contribution in [0.1, 0.15) is 17.3 Å². The van der Waals surface area contributed by atoms with E-state index in [1.165, 1.54) is 23.2 Å². The van der Waals surface area contributed by atoms with Crippen molar-refractivity contribution < 1.29 is 9.90 Å². The maximum Gasteiger partial charge on any atom is 0.254 e. The first-order chi connectivity index (χ1) is 7.06. The summed E-state index contributed by atoms with van der Waals surface area (Å²) in [5.41, 5.74) is 0.00690. The van der Waals surface area contributed by atoms with Gasteiger partial charge in [0.25, 0.3) is 5.91 Å². The number of aromatic nitrogens is 1. The summed E-state index contributed by atoms with van der Waals surface area (Å²) < 4.78 is 0. The van der Waals surface area contributed by atoms with Gasteiger partial charge < -0.3 is 15.0 Å². The fourth-order valence-electron chi connectivity index (χ4n) is 1.10. The molecule has 2 N–H and O–H groups in total. The Kier molecular flexibility index (Phi) is 3.62. The predicted molar refractivity (Wildman–Crippen MR) is 55.7 cm³/mol. The third-order valence-corrected chi connectivity index (χ3v) is 2.27. The van der Waals surface area contributed by atoms with Gasteiger partial charge >= 0.3 is 0 Å². The van der Waals surface area contributed by atoms with Crippen molar-refractivity contribution in [2.45, 2.75) is 13.0 Å². The zero-order valence-corrected chi connectivity index (χ0v) is 8.73. The van der Waals surface area contributed by atoms with Crippen molar-refractivity contribution in [3.05, 3.63) is 34.2 Å². The molecule has 1 aromatic rings. The smallest absolute Gasteiger partial charge is 0.254 e. The monoisotopic (exact) mass is 210 g/mol. The second kappa shape index (κ2) is 4.75. The first-order valence-electron chi connectivity index (χ1n) is 4.63. The Morgan fingerprint density at radius 2 is 2.33 bits per heavy atom. The number of likely N-dealkylation sites (N-methyl/N-ethyl adjacent to an activating group) is 1. The third kappa shape index (κ3) is 2.66. The normalized spacial score (nSPS) is 12.2. The summed E-state index contributed by atoms with van der Waals surface area (Å²) in [4.78, 5) is 26.6. The van der Waals surface area contributed by atoms with Gasteiger partial charge in [0.15, 0.2) is 0 Å². The van der Waals surface area contributed by atoms with Crippen LogP contribution in [0.3, 0.4) is 0 Å². The van der Waals surface area contributed by atoms with Crippen molar-refractivity contribution >= 4 is 5.91 Å². The van der Waals surface area contributed by atoms with Crippen LogP contribution in [0, 0.1) is 0 Å². The van der Waals surface area contributed by atoms with Gasteiger partial charge in [0.1, 0.15) is 0 Å². The summed E-state index contributed by atoms with van der Waals surface area (Å²) in [6.45, 7) is 1.62. The lowest BCUT2D eigenvalue weighted by Gasteiger charge is -2.22. The van der Waals surface area contributed by atoms with E-state index in [9.17, 15) is 9.59 Å². The highest BCUT2D eigenvalue weighted by Crippen LogP contribution is 2.03. The summed E-state index contributed by atoms with van der Waals surface area (Å²) >= 11 is 0. The van der Waals surface area contributed by atoms with Gasteiger partial charge in [-0.15, -0.1) is 0 Å². The molecule has 5 heteroatoms. The molecule has 1 rings (SSSR count). The maximum absolute atomic E-state index is 11.8. The lowest BCUT2D eigenvalue weighted by atomic mass is 10.2. The molecule has 0 saturated carbocycles. The van der Waals surface area contributed by atoms with Crippen LogP contribution in [-0.2, 0) is 0 Å². The molecule has 1 aromatic heterocycles. The highest BCUT2D eigenvalue weighted by Gasteiger charge is 2.16. The number of carbonyl (C=O) groups excluding carboxylic acids is 1. The summed E-state index contributed by atoms with van der Waals surface area (Å²) in [7, 11) is 1.59. The molecule has 5 nitrogen and oxygen atoms in total. The second-order valence-electron chi connectivity index (χ2n) is 3.39. The maximum atomic E-state index is 11.8. The van der Waals surface area contributed by atoms with E-state index < -0.39 is 0 Å². The Hall–Kier alpha value is -1.62. The molecule has 0 spiro atoms. The molecule has 0 radical (unpaired) electrons. The number of hydrogen-bond donors (Lipinski definition) is 2. The van der Waals surface area contributed by atoms with Gasteiger partial charge in [-0.3, -0.25) is 9.59 Å². The van der Waals surface area contributed by atoms with E-state index in [0.29, 0.717) is 5.56 Å². The van der Waals surface area contributed by atoms with Crippen molar-refractivity contribution in [1.82, 2.24) is 9.88 Å². The van der Waals surface area contributed by atoms with Gasteiger partial charge in [-0.05, 0) is 13.0 Å². The van der Waals surface area contributed by atoms with Crippen molar-refractivity contribution in [3.63, 3.8) is 0 Å². The van der Waals surface area contributed by atoms with Gasteiger partial charge in [0.2, 0.25) is 5.56 Å². The van der Waals surface area contributed by atoms with E-state index in [1.54, 1.807) is 14.0 Å². The van der Waals surface area contributed by atoms with Crippen LogP contribution < -0.4 is 5.56 Å². The van der Waals surface area contributed by atoms with Gasteiger partial charge in [-0.1, -0.05) is 0 Å². The minimum atomic E-state index is -0.314. The SMILES string of the molecule is CC(CO)N(C)C(=O)c1cc[nH]c(=O)c1. The number of hydrogen-bond acceptors (Lipinski definition) is 3. The minimum absolute atomic E-state index is 0.106. The Labute approximate surface area is 87.4 Å². The van der Waals surface area contributed by atoms with E-state index in [4.69, 9.17) is 5.11 Å². The van der Waals surface area contributed by atoms with Gasteiger partial charge in [-0.25, -0.2) is 0 Å². The van der Waals surface area contributed by atoms with E-state index in [2.05, 4.69) is 4.98 Å². The van der Waals surface area contributed by atoms with Crippen LogP contribution >= 0.6 is 0 Å². The quantitative estimate of drug-likeness (QED) is 0.727. The molecule has 0 aliphatic rings. The zero-order chi connectivity index (χ0) is 11.4. The molecule has 1 heterocycles. The third-order valence-electron chi connectivity index (χ3n) is 2.27. The molecule has 82 valence electrons. The highest BCUT2D eigenvalue weighted by atomic mass is 16.3. The standard InChI is InChI=1S/C10H14N2O3/c1-7(6-13)12(2)10(15)8-3-4-11-9(14)5-8/h3-5,7,13H,6H2,1-2H3,(H,11,14). The molecule has 0 aliphatic heterocycles. The van der Waals surface area contributed by atoms with E-state index in [0.717, 1.165) is 0 Å². The average Bonchev–Trinajstić information content (AvgIpc) is 2.26. The van der Waals surface area contributed by atoms with Crippen LogP contribution in [0.15, 0.2) is 23.1 Å². The Balaban J connectivity index is 2.90. The molecule has 0 saturated heterocycles. The summed E-state index contributed by atoms with van der Waals surface area (Å²) in [6.07, 6.45) is 1.42. The average molecular weight is 210 g/mol. The summed E-state index contributed by atoms with van der Waals surface area (Å²) in [5, 5.41) is 8.89. The number of pyridine rings is 1. The predicted octanol–water partition coefficient (Wildman–Crippen LogP) is -0.172. The first kappa shape index (κ1) is 11.5. The second-order valence-corrected chi connectivity index (χ2v) is 3.39. The topological polar surface area (TPSA) is 73.4 Å². The molecule has 1 atom stereocenters. The molecular weight excluding hydrogens is 196 g/mol. The van der Waals surface area contributed by atoms with Crippen molar-refractivity contribution in [1.29, 1.82) is 0 Å². The first-order valence-corrected chi connectivity index (χ1v) is 4.63.